The van der Waals surface area contributed by atoms with Crippen LogP contribution in [0.5, 0.6) is 0 Å². The Morgan fingerprint density at radius 2 is 1.79 bits per heavy atom. The smallest absolute Gasteiger partial charge is 0.332 e. The molecule has 5 rings (SSSR count). The number of ether oxygens (including phenoxy) is 1. The molecule has 1 aliphatic carbocycles. The van der Waals surface area contributed by atoms with Crippen LogP contribution in [-0.2, 0) is 16.0 Å². The first-order valence-corrected chi connectivity index (χ1v) is 15.2. The Hall–Kier alpha value is -3.23. The Morgan fingerprint density at radius 3 is 2.50 bits per heavy atom. The standard InChI is InChI=1S/C35H43NO6/c1-2-23-11-15-25(16-12-23)31(38)20-19-30-33(36(34(30)39)27-9-4-3-5-10-27)26-8-6-7-24(13-17-26)14-18-29-21-28(37)22-32(42-29)35(40)41/h3-7,9-13,15-17,28-34,37-39H,2,8,14,18-22H2,1H3,(H,40,41)/t28-,29+,30-,31+,32+,33-,34?/m1/s1. The van der Waals surface area contributed by atoms with Crippen molar-refractivity contribution >= 4 is 11.7 Å². The topological polar surface area (TPSA) is 110 Å². The number of hydrogen-bond acceptors (Lipinski definition) is 6. The average Bonchev–Trinajstić information content (AvgIpc) is 3.24. The highest BCUT2D eigenvalue weighted by molar-refractivity contribution is 5.72. The first kappa shape index (κ1) is 30.2. The van der Waals surface area contributed by atoms with E-state index in [9.17, 15) is 25.2 Å². The van der Waals surface area contributed by atoms with Crippen molar-refractivity contribution in [3.8, 4) is 0 Å². The molecule has 2 heterocycles. The van der Waals surface area contributed by atoms with Gasteiger partial charge in [-0.15, -0.1) is 0 Å². The Balaban J connectivity index is 1.28. The van der Waals surface area contributed by atoms with Crippen LogP contribution in [-0.4, -0.2) is 57.0 Å². The van der Waals surface area contributed by atoms with Crippen molar-refractivity contribution < 1.29 is 30.0 Å². The molecule has 2 aromatic carbocycles. The Labute approximate surface area is 248 Å². The summed E-state index contributed by atoms with van der Waals surface area (Å²) in [6, 6.07) is 18.1. The van der Waals surface area contributed by atoms with Gasteiger partial charge in [-0.25, -0.2) is 4.79 Å². The van der Waals surface area contributed by atoms with Crippen LogP contribution < -0.4 is 4.90 Å². The SMILES string of the molecule is CCc1ccc([C@@H](O)CC[C@H]2C(O)N(c3ccccc3)[C@@H]2C2=CC=C(CC[C@H]3C[C@@H](O)C[C@@H](C(=O)O)O3)C=CC2)cc1. The van der Waals surface area contributed by atoms with Crippen molar-refractivity contribution in [2.45, 2.75) is 95.0 Å². The van der Waals surface area contributed by atoms with Gasteiger partial charge in [-0.2, -0.15) is 0 Å². The highest BCUT2D eigenvalue weighted by atomic mass is 16.5. The highest BCUT2D eigenvalue weighted by Crippen LogP contribution is 2.44. The van der Waals surface area contributed by atoms with E-state index in [1.807, 2.05) is 42.5 Å². The summed E-state index contributed by atoms with van der Waals surface area (Å²) in [5.74, 6) is -1.04. The molecule has 7 heteroatoms. The molecule has 2 aliphatic heterocycles. The molecule has 0 radical (unpaired) electrons. The second kappa shape index (κ2) is 13.8. The average molecular weight is 574 g/mol. The maximum atomic E-state index is 11.4. The number of aryl methyl sites for hydroxylation is 1. The van der Waals surface area contributed by atoms with Crippen molar-refractivity contribution in [1.29, 1.82) is 0 Å². The van der Waals surface area contributed by atoms with Crippen LogP contribution in [0.15, 0.2) is 90.0 Å². The molecule has 2 fully saturated rings. The van der Waals surface area contributed by atoms with Crippen molar-refractivity contribution in [3.05, 3.63) is 101 Å². The zero-order chi connectivity index (χ0) is 29.6. The lowest BCUT2D eigenvalue weighted by Gasteiger charge is -2.55. The van der Waals surface area contributed by atoms with Gasteiger partial charge in [-0.05, 0) is 79.4 Å². The zero-order valence-electron chi connectivity index (χ0n) is 24.3. The maximum absolute atomic E-state index is 11.4. The maximum Gasteiger partial charge on any atom is 0.332 e. The fourth-order valence-electron chi connectivity index (χ4n) is 6.54. The molecule has 42 heavy (non-hydrogen) atoms. The number of anilines is 1. The molecule has 7 atom stereocenters. The van der Waals surface area contributed by atoms with Crippen LogP contribution in [0.25, 0.3) is 0 Å². The minimum atomic E-state index is -1.03. The van der Waals surface area contributed by atoms with E-state index in [-0.39, 0.29) is 24.5 Å². The summed E-state index contributed by atoms with van der Waals surface area (Å²) in [6.45, 7) is 2.12. The number of carboxylic acids is 1. The Bertz CT molecular complexity index is 1290. The van der Waals surface area contributed by atoms with Gasteiger partial charge < -0.3 is 30.1 Å². The van der Waals surface area contributed by atoms with Gasteiger partial charge in [0.1, 0.15) is 6.23 Å². The predicted octanol–water partition coefficient (Wildman–Crippen LogP) is 5.47. The number of para-hydroxylation sites is 1. The molecule has 1 unspecified atom stereocenters. The van der Waals surface area contributed by atoms with Gasteiger partial charge in [-0.1, -0.05) is 73.7 Å². The van der Waals surface area contributed by atoms with E-state index in [2.05, 4.69) is 48.3 Å². The van der Waals surface area contributed by atoms with Gasteiger partial charge in [0.15, 0.2) is 6.10 Å². The normalized spacial score (nSPS) is 28.3. The molecule has 224 valence electrons. The minimum absolute atomic E-state index is 0.00506. The summed E-state index contributed by atoms with van der Waals surface area (Å²) >= 11 is 0. The van der Waals surface area contributed by atoms with Crippen LogP contribution in [0.4, 0.5) is 5.69 Å². The van der Waals surface area contributed by atoms with Crippen LogP contribution in [0.1, 0.15) is 69.1 Å². The lowest BCUT2D eigenvalue weighted by molar-refractivity contribution is -0.166. The molecular weight excluding hydrogens is 530 g/mol. The first-order valence-electron chi connectivity index (χ1n) is 15.2. The van der Waals surface area contributed by atoms with Gasteiger partial charge >= 0.3 is 5.97 Å². The van der Waals surface area contributed by atoms with Gasteiger partial charge in [0.05, 0.1) is 24.4 Å². The van der Waals surface area contributed by atoms with Gasteiger partial charge in [0.2, 0.25) is 0 Å². The van der Waals surface area contributed by atoms with Crippen molar-refractivity contribution in [2.24, 2.45) is 5.92 Å². The van der Waals surface area contributed by atoms with Crippen molar-refractivity contribution in [3.63, 3.8) is 0 Å². The van der Waals surface area contributed by atoms with E-state index in [0.29, 0.717) is 32.1 Å². The number of carbonyl (C=O) groups is 1. The number of nitrogens with zero attached hydrogens (tertiary/aromatic N) is 1. The number of rotatable bonds is 11. The molecule has 2 saturated heterocycles. The first-order chi connectivity index (χ1) is 20.3. The third kappa shape index (κ3) is 7.04. The van der Waals surface area contributed by atoms with E-state index in [4.69, 9.17) is 4.74 Å². The number of benzene rings is 2. The summed E-state index contributed by atoms with van der Waals surface area (Å²) in [4.78, 5) is 13.5. The van der Waals surface area contributed by atoms with Crippen molar-refractivity contribution in [1.82, 2.24) is 0 Å². The molecule has 2 aromatic rings. The number of aliphatic hydroxyl groups is 3. The summed E-state index contributed by atoms with van der Waals surface area (Å²) in [5, 5.41) is 41.7. The monoisotopic (exact) mass is 573 g/mol. The van der Waals surface area contributed by atoms with Crippen molar-refractivity contribution in [2.75, 3.05) is 4.90 Å². The number of hydrogen-bond donors (Lipinski definition) is 4. The third-order valence-corrected chi connectivity index (χ3v) is 8.96. The molecule has 0 saturated carbocycles. The molecule has 4 N–H and O–H groups in total. The Morgan fingerprint density at radius 1 is 1.02 bits per heavy atom. The second-order valence-corrected chi connectivity index (χ2v) is 11.8. The minimum Gasteiger partial charge on any atom is -0.479 e. The lowest BCUT2D eigenvalue weighted by atomic mass is 9.76. The number of carboxylic acid groups (broad SMARTS) is 1. The van der Waals surface area contributed by atoms with Gasteiger partial charge in [0, 0.05) is 18.0 Å². The predicted molar refractivity (Wildman–Crippen MR) is 163 cm³/mol. The molecule has 3 aliphatic rings. The van der Waals surface area contributed by atoms with E-state index in [1.165, 1.54) is 11.1 Å². The summed E-state index contributed by atoms with van der Waals surface area (Å²) in [6.07, 6.45) is 10.3. The van der Waals surface area contributed by atoms with Crippen LogP contribution >= 0.6 is 0 Å². The lowest BCUT2D eigenvalue weighted by Crippen LogP contribution is -2.65. The van der Waals surface area contributed by atoms with E-state index >= 15 is 0 Å². The Kier molecular flexibility index (Phi) is 9.95. The van der Waals surface area contributed by atoms with Gasteiger partial charge in [-0.3, -0.25) is 0 Å². The molecule has 0 bridgehead atoms. The number of aliphatic carboxylic acids is 1. The van der Waals surface area contributed by atoms with Crippen LogP contribution in [0, 0.1) is 5.92 Å². The fraction of sp³-hybridized carbons (Fsp3) is 0.457. The fourth-order valence-corrected chi connectivity index (χ4v) is 6.54. The number of aliphatic hydroxyl groups excluding tert-OH is 3. The van der Waals surface area contributed by atoms with Crippen LogP contribution in [0.2, 0.25) is 0 Å². The summed E-state index contributed by atoms with van der Waals surface area (Å²) in [7, 11) is 0. The third-order valence-electron chi connectivity index (χ3n) is 8.96. The molecule has 0 spiro atoms. The van der Waals surface area contributed by atoms with E-state index in [0.717, 1.165) is 29.7 Å². The zero-order valence-corrected chi connectivity index (χ0v) is 24.3. The van der Waals surface area contributed by atoms with E-state index < -0.39 is 30.5 Å². The highest BCUT2D eigenvalue weighted by Gasteiger charge is 2.48. The van der Waals surface area contributed by atoms with Gasteiger partial charge in [0.25, 0.3) is 0 Å². The summed E-state index contributed by atoms with van der Waals surface area (Å²) < 4.78 is 5.72. The quantitative estimate of drug-likeness (QED) is 0.282. The second-order valence-electron chi connectivity index (χ2n) is 11.8. The molecule has 0 amide bonds. The summed E-state index contributed by atoms with van der Waals surface area (Å²) in [5.41, 5.74) is 5.45. The van der Waals surface area contributed by atoms with Crippen LogP contribution in [0.3, 0.4) is 0 Å². The number of allylic oxidation sites excluding steroid dienone is 5. The van der Waals surface area contributed by atoms with E-state index in [1.54, 1.807) is 0 Å². The largest absolute Gasteiger partial charge is 0.479 e. The molecule has 0 aromatic heterocycles. The molecule has 7 nitrogen and oxygen atoms in total. The molecular formula is C35H43NO6.